The van der Waals surface area contributed by atoms with Crippen LogP contribution in [0, 0.1) is 0 Å². The summed E-state index contributed by atoms with van der Waals surface area (Å²) in [5.41, 5.74) is 4.04. The van der Waals surface area contributed by atoms with Gasteiger partial charge in [0.15, 0.2) is 12.0 Å². The van der Waals surface area contributed by atoms with Crippen molar-refractivity contribution < 1.29 is 14.6 Å². The SMILES string of the molecule is COc1cc(OC)c(Cl)c(-c2ccc3c(NC(O)c4ccc(CN(C)C)cc4)n[nH]c3c2)c1Cl. The fourth-order valence-corrected chi connectivity index (χ4v) is 4.53. The molecule has 0 spiro atoms. The number of hydrogen-bond donors (Lipinski definition) is 3. The lowest BCUT2D eigenvalue weighted by Crippen LogP contribution is -2.12. The molecule has 1 atom stereocenters. The molecule has 0 aliphatic heterocycles. The van der Waals surface area contributed by atoms with Gasteiger partial charge in [0.2, 0.25) is 0 Å². The third kappa shape index (κ3) is 4.79. The maximum Gasteiger partial charge on any atom is 0.157 e. The zero-order valence-electron chi connectivity index (χ0n) is 19.3. The van der Waals surface area contributed by atoms with Crippen LogP contribution in [-0.2, 0) is 6.54 Å². The highest BCUT2D eigenvalue weighted by atomic mass is 35.5. The van der Waals surface area contributed by atoms with Crippen LogP contribution in [0.2, 0.25) is 10.0 Å². The Hall–Kier alpha value is -2.97. The van der Waals surface area contributed by atoms with Gasteiger partial charge in [0.05, 0.1) is 29.8 Å². The number of benzene rings is 3. The van der Waals surface area contributed by atoms with Crippen LogP contribution in [-0.4, -0.2) is 48.5 Å². The lowest BCUT2D eigenvalue weighted by atomic mass is 10.0. The molecule has 0 amide bonds. The molecule has 7 nitrogen and oxygen atoms in total. The second-order valence-corrected chi connectivity index (χ2v) is 8.90. The van der Waals surface area contributed by atoms with Gasteiger partial charge in [-0.15, -0.1) is 0 Å². The highest BCUT2D eigenvalue weighted by Gasteiger charge is 2.20. The lowest BCUT2D eigenvalue weighted by Gasteiger charge is -2.15. The van der Waals surface area contributed by atoms with Gasteiger partial charge in [0.25, 0.3) is 0 Å². The Morgan fingerprint density at radius 2 is 1.65 bits per heavy atom. The molecule has 1 unspecified atom stereocenters. The summed E-state index contributed by atoms with van der Waals surface area (Å²) >= 11 is 13.1. The summed E-state index contributed by atoms with van der Waals surface area (Å²) in [6, 6.07) is 15.1. The van der Waals surface area contributed by atoms with Crippen LogP contribution in [0.3, 0.4) is 0 Å². The van der Waals surface area contributed by atoms with E-state index in [1.165, 1.54) is 19.8 Å². The fraction of sp³-hybridized carbons (Fsp3) is 0.240. The van der Waals surface area contributed by atoms with Crippen LogP contribution in [0.5, 0.6) is 11.5 Å². The molecule has 0 saturated heterocycles. The Bertz CT molecular complexity index is 1280. The molecule has 0 aliphatic rings. The monoisotopic (exact) mass is 500 g/mol. The summed E-state index contributed by atoms with van der Waals surface area (Å²) in [7, 11) is 7.11. The van der Waals surface area contributed by atoms with Crippen molar-refractivity contribution >= 4 is 39.9 Å². The van der Waals surface area contributed by atoms with Crippen molar-refractivity contribution in [1.29, 1.82) is 0 Å². The predicted octanol–water partition coefficient (Wildman–Crippen LogP) is 5.72. The molecular weight excluding hydrogens is 475 g/mol. The molecule has 0 saturated carbocycles. The smallest absolute Gasteiger partial charge is 0.157 e. The summed E-state index contributed by atoms with van der Waals surface area (Å²) in [6.07, 6.45) is -0.911. The number of anilines is 1. The van der Waals surface area contributed by atoms with E-state index in [1.807, 2.05) is 56.6 Å². The number of ether oxygens (including phenoxy) is 2. The van der Waals surface area contributed by atoms with Crippen LogP contribution in [0.15, 0.2) is 48.5 Å². The molecule has 3 N–H and O–H groups in total. The standard InChI is InChI=1S/C25H26Cl2N4O3/c1-31(2)13-14-5-7-15(8-6-14)25(32)28-24-17-10-9-16(11-18(17)29-30-24)21-22(26)19(33-3)12-20(34-4)23(21)27/h5-12,25,32H,13H2,1-4H3,(H2,28,29,30). The molecule has 1 heterocycles. The number of aliphatic hydroxyl groups is 1. The topological polar surface area (TPSA) is 82.6 Å². The molecule has 9 heteroatoms. The van der Waals surface area contributed by atoms with Crippen molar-refractivity contribution in [2.45, 2.75) is 12.8 Å². The maximum absolute atomic E-state index is 10.7. The molecular formula is C25H26Cl2N4O3. The van der Waals surface area contributed by atoms with Crippen molar-refractivity contribution in [2.75, 3.05) is 33.6 Å². The van der Waals surface area contributed by atoms with Gasteiger partial charge >= 0.3 is 0 Å². The van der Waals surface area contributed by atoms with Crippen LogP contribution < -0.4 is 14.8 Å². The number of methoxy groups -OCH3 is 2. The summed E-state index contributed by atoms with van der Waals surface area (Å²) in [5.74, 6) is 1.46. The van der Waals surface area contributed by atoms with Crippen LogP contribution in [0.1, 0.15) is 17.4 Å². The first-order chi connectivity index (χ1) is 16.3. The van der Waals surface area contributed by atoms with Crippen molar-refractivity contribution in [3.63, 3.8) is 0 Å². The minimum atomic E-state index is -0.911. The minimum absolute atomic E-state index is 0.388. The van der Waals surface area contributed by atoms with Gasteiger partial charge in [-0.25, -0.2) is 0 Å². The number of hydrogen-bond acceptors (Lipinski definition) is 6. The van der Waals surface area contributed by atoms with E-state index in [-0.39, 0.29) is 0 Å². The van der Waals surface area contributed by atoms with E-state index >= 15 is 0 Å². The third-order valence-electron chi connectivity index (χ3n) is 5.49. The molecule has 0 bridgehead atoms. The van der Waals surface area contributed by atoms with E-state index in [2.05, 4.69) is 20.4 Å². The van der Waals surface area contributed by atoms with E-state index in [0.717, 1.165) is 28.6 Å². The second kappa shape index (κ2) is 10.1. The first-order valence-corrected chi connectivity index (χ1v) is 11.3. The van der Waals surface area contributed by atoms with Crippen molar-refractivity contribution in [1.82, 2.24) is 15.1 Å². The fourth-order valence-electron chi connectivity index (χ4n) is 3.81. The van der Waals surface area contributed by atoms with Gasteiger partial charge in [0, 0.05) is 29.1 Å². The Morgan fingerprint density at radius 3 is 2.24 bits per heavy atom. The largest absolute Gasteiger partial charge is 0.495 e. The molecule has 0 aliphatic carbocycles. The number of aromatic amines is 1. The van der Waals surface area contributed by atoms with E-state index < -0.39 is 6.23 Å². The summed E-state index contributed by atoms with van der Waals surface area (Å²) < 4.78 is 10.8. The van der Waals surface area contributed by atoms with Gasteiger partial charge in [-0.1, -0.05) is 53.5 Å². The number of halogens is 2. The molecule has 0 fully saturated rings. The van der Waals surface area contributed by atoms with Gasteiger partial charge in [0.1, 0.15) is 11.5 Å². The molecule has 4 rings (SSSR count). The highest BCUT2D eigenvalue weighted by molar-refractivity contribution is 6.41. The number of H-pyrrole nitrogens is 1. The van der Waals surface area contributed by atoms with E-state index in [1.54, 1.807) is 6.07 Å². The number of nitrogens with one attached hydrogen (secondary N) is 2. The van der Waals surface area contributed by atoms with Crippen LogP contribution in [0.25, 0.3) is 22.0 Å². The summed E-state index contributed by atoms with van der Waals surface area (Å²) in [4.78, 5) is 2.09. The minimum Gasteiger partial charge on any atom is -0.495 e. The highest BCUT2D eigenvalue weighted by Crippen LogP contribution is 2.46. The summed E-state index contributed by atoms with van der Waals surface area (Å²) in [5, 5.41) is 22.7. The zero-order valence-corrected chi connectivity index (χ0v) is 20.8. The number of nitrogens with zero attached hydrogens (tertiary/aromatic N) is 2. The Morgan fingerprint density at radius 1 is 1.00 bits per heavy atom. The van der Waals surface area contributed by atoms with E-state index in [4.69, 9.17) is 32.7 Å². The van der Waals surface area contributed by atoms with Gasteiger partial charge in [-0.2, -0.15) is 5.10 Å². The first kappa shape index (κ1) is 24.2. The first-order valence-electron chi connectivity index (χ1n) is 10.6. The Kier molecular flexibility index (Phi) is 7.19. The molecule has 34 heavy (non-hydrogen) atoms. The second-order valence-electron chi connectivity index (χ2n) is 8.14. The Balaban J connectivity index is 1.62. The zero-order chi connectivity index (χ0) is 24.4. The molecule has 1 aromatic heterocycles. The van der Waals surface area contributed by atoms with Gasteiger partial charge < -0.3 is 24.8 Å². The molecule has 4 aromatic rings. The van der Waals surface area contributed by atoms with Crippen molar-refractivity contribution in [3.05, 3.63) is 69.7 Å². The number of fused-ring (bicyclic) bond motifs is 1. The van der Waals surface area contributed by atoms with E-state index in [0.29, 0.717) is 32.9 Å². The van der Waals surface area contributed by atoms with Crippen LogP contribution >= 0.6 is 23.2 Å². The van der Waals surface area contributed by atoms with E-state index in [9.17, 15) is 5.11 Å². The number of rotatable bonds is 8. The van der Waals surface area contributed by atoms with Gasteiger partial charge in [-0.3, -0.25) is 5.10 Å². The summed E-state index contributed by atoms with van der Waals surface area (Å²) in [6.45, 7) is 0.837. The average molecular weight is 501 g/mol. The third-order valence-corrected chi connectivity index (χ3v) is 6.24. The average Bonchev–Trinajstić information content (AvgIpc) is 3.21. The van der Waals surface area contributed by atoms with Gasteiger partial charge in [-0.05, 0) is 37.4 Å². The van der Waals surface area contributed by atoms with Crippen molar-refractivity contribution in [3.8, 4) is 22.6 Å². The Labute approximate surface area is 208 Å². The number of aromatic nitrogens is 2. The predicted molar refractivity (Wildman–Crippen MR) is 137 cm³/mol. The van der Waals surface area contributed by atoms with Crippen LogP contribution in [0.4, 0.5) is 5.82 Å². The molecule has 0 radical (unpaired) electrons. The maximum atomic E-state index is 10.7. The lowest BCUT2D eigenvalue weighted by molar-refractivity contribution is 0.208. The molecule has 178 valence electrons. The molecule has 3 aromatic carbocycles. The number of aliphatic hydroxyl groups excluding tert-OH is 1. The van der Waals surface area contributed by atoms with Crippen molar-refractivity contribution in [2.24, 2.45) is 0 Å². The normalized spacial score (nSPS) is 12.2. The quantitative estimate of drug-likeness (QED) is 0.268.